The number of halogens is 4. The third kappa shape index (κ3) is 12.8. The number of rotatable bonds is 12. The van der Waals surface area contributed by atoms with E-state index in [0.29, 0.717) is 51.2 Å². The Kier molecular flexibility index (Phi) is 19.0. The third-order valence-corrected chi connectivity index (χ3v) is 16.6. The quantitative estimate of drug-likeness (QED) is 0.107. The molecule has 73 heavy (non-hydrogen) atoms. The van der Waals surface area contributed by atoms with Gasteiger partial charge in [0.25, 0.3) is 5.91 Å². The van der Waals surface area contributed by atoms with E-state index in [9.17, 15) is 19.8 Å². The fraction of sp³-hybridized carbons (Fsp3) is 0.407. The van der Waals surface area contributed by atoms with Gasteiger partial charge < -0.3 is 35.3 Å². The molecule has 4 aromatic rings. The van der Waals surface area contributed by atoms with Crippen LogP contribution in [0, 0.1) is 11.8 Å². The van der Waals surface area contributed by atoms with Crippen molar-refractivity contribution in [1.82, 2.24) is 29.8 Å². The summed E-state index contributed by atoms with van der Waals surface area (Å²) in [7, 11) is 0. The minimum absolute atomic E-state index is 0.0464. The van der Waals surface area contributed by atoms with Gasteiger partial charge in [-0.15, -0.1) is 0 Å². The SMILES string of the molecule is CC(C)C1=C(C(=O)N2CCN(CCO)CC2)SC2=NC(c3ccc(Cl)cc3)C(c3ccc(Cl)cc3)N21.CC(C)C1=C(C(=O)O)SC2=NC(c3ccc(Cl)cc3)C(c3ccc(Cl)cc3)N21.OCCN1CCNCC1. The number of amides is 1. The molecule has 388 valence electrons. The molecule has 0 bridgehead atoms. The number of hydrogen-bond acceptors (Lipinski definition) is 13. The summed E-state index contributed by atoms with van der Waals surface area (Å²) in [5, 5.41) is 35.0. The van der Waals surface area contributed by atoms with Crippen molar-refractivity contribution in [3.05, 3.63) is 161 Å². The van der Waals surface area contributed by atoms with Gasteiger partial charge in [-0.1, -0.05) is 123 Å². The van der Waals surface area contributed by atoms with Crippen molar-refractivity contribution >= 4 is 92.1 Å². The van der Waals surface area contributed by atoms with Crippen LogP contribution in [-0.2, 0) is 9.59 Å². The van der Waals surface area contributed by atoms with E-state index in [1.165, 1.54) is 23.5 Å². The molecule has 0 aromatic heterocycles. The van der Waals surface area contributed by atoms with E-state index in [0.717, 1.165) is 94.7 Å². The Morgan fingerprint density at radius 1 is 0.562 bits per heavy atom. The maximum absolute atomic E-state index is 13.8. The number of allylic oxidation sites excluding steroid dienone is 2. The lowest BCUT2D eigenvalue weighted by molar-refractivity contribution is -0.132. The molecule has 0 radical (unpaired) electrons. The number of piperazine rings is 2. The van der Waals surface area contributed by atoms with Crippen LogP contribution in [0.1, 0.15) is 74.1 Å². The van der Waals surface area contributed by atoms with Gasteiger partial charge in [0.1, 0.15) is 21.9 Å². The molecule has 0 spiro atoms. The van der Waals surface area contributed by atoms with Crippen molar-refractivity contribution in [1.29, 1.82) is 0 Å². The molecular formula is C54H62Cl4N8O5S2. The summed E-state index contributed by atoms with van der Waals surface area (Å²) in [4.78, 5) is 47.5. The molecule has 4 unspecified atom stereocenters. The minimum atomic E-state index is -0.913. The highest BCUT2D eigenvalue weighted by molar-refractivity contribution is 8.18. The van der Waals surface area contributed by atoms with Gasteiger partial charge >= 0.3 is 5.97 Å². The Labute approximate surface area is 456 Å². The first-order valence-electron chi connectivity index (χ1n) is 24.7. The standard InChI is InChI=1S/C27H30Cl2N4O2S.C21H18Cl2N2O2S.C6H14N2O/c1-17(2)23-25(26(35)32-13-11-31(12-14-32)15-16-34)36-27-30-22(18-3-7-20(28)8-4-18)24(33(23)27)19-5-9-21(29)10-6-19;1-11(2)17-19(20(26)27)28-21-24-16(12-3-7-14(22)8-4-12)18(25(17)21)13-5-9-15(23)10-6-13;9-6-5-8-3-1-7-2-4-8/h3-10,17,22,24,34H,11-16H2,1-2H3;3-11,16,18H,1-2H3,(H,26,27);7,9H,1-6H2. The van der Waals surface area contributed by atoms with Crippen LogP contribution < -0.4 is 5.32 Å². The fourth-order valence-corrected chi connectivity index (χ4v) is 12.9. The zero-order valence-corrected chi connectivity index (χ0v) is 46.0. The number of carboxylic acids is 1. The van der Waals surface area contributed by atoms with Crippen molar-refractivity contribution in [3.63, 3.8) is 0 Å². The molecule has 19 heteroatoms. The number of carbonyl (C=O) groups is 2. The molecule has 4 aromatic carbocycles. The minimum Gasteiger partial charge on any atom is -0.477 e. The Bertz CT molecular complexity index is 2690. The Morgan fingerprint density at radius 3 is 1.29 bits per heavy atom. The number of β-amino-alcohol motifs (C(OH)–C–C–N with tert-alkyl or cyclic N) is 2. The molecule has 6 heterocycles. The number of carbonyl (C=O) groups excluding carboxylic acids is 1. The molecule has 6 aliphatic rings. The summed E-state index contributed by atoms with van der Waals surface area (Å²) >= 11 is 27.3. The average molecular weight is 1110 g/mol. The van der Waals surface area contributed by atoms with Gasteiger partial charge in [-0.25, -0.2) is 4.79 Å². The summed E-state index contributed by atoms with van der Waals surface area (Å²) < 4.78 is 0. The normalized spacial score (nSPS) is 22.0. The number of benzene rings is 4. The van der Waals surface area contributed by atoms with Crippen LogP contribution in [0.2, 0.25) is 20.1 Å². The van der Waals surface area contributed by atoms with E-state index < -0.39 is 5.97 Å². The van der Waals surface area contributed by atoms with Crippen LogP contribution in [-0.4, -0.2) is 141 Å². The van der Waals surface area contributed by atoms with Gasteiger partial charge in [-0.05, 0) is 106 Å². The number of aliphatic hydroxyl groups is 2. The van der Waals surface area contributed by atoms with E-state index in [4.69, 9.17) is 61.5 Å². The number of amidine groups is 2. The Hall–Kier alpha value is -4.10. The summed E-state index contributed by atoms with van der Waals surface area (Å²) in [6.07, 6.45) is 0. The summed E-state index contributed by atoms with van der Waals surface area (Å²) in [6, 6.07) is 30.6. The second kappa shape index (κ2) is 25.2. The lowest BCUT2D eigenvalue weighted by atomic mass is 9.92. The average Bonchev–Trinajstić information content (AvgIpc) is 4.15. The molecule has 4 N–H and O–H groups in total. The Morgan fingerprint density at radius 2 is 0.918 bits per heavy atom. The lowest BCUT2D eigenvalue weighted by Gasteiger charge is -2.35. The van der Waals surface area contributed by atoms with E-state index in [2.05, 4.69) is 50.9 Å². The first-order valence-corrected chi connectivity index (χ1v) is 27.8. The first kappa shape index (κ1) is 55.1. The van der Waals surface area contributed by atoms with Crippen molar-refractivity contribution in [2.24, 2.45) is 21.8 Å². The summed E-state index contributed by atoms with van der Waals surface area (Å²) in [6.45, 7) is 17.4. The van der Waals surface area contributed by atoms with E-state index in [1.807, 2.05) is 104 Å². The number of carboxylic acid groups (broad SMARTS) is 1. The van der Waals surface area contributed by atoms with Crippen LogP contribution in [0.5, 0.6) is 0 Å². The number of aliphatic carboxylic acids is 1. The van der Waals surface area contributed by atoms with E-state index in [1.54, 1.807) is 0 Å². The van der Waals surface area contributed by atoms with Gasteiger partial charge in [-0.2, -0.15) is 0 Å². The number of thioether (sulfide) groups is 2. The molecule has 0 aliphatic carbocycles. The zero-order chi connectivity index (χ0) is 51.9. The molecule has 6 aliphatic heterocycles. The maximum atomic E-state index is 13.8. The number of hydrogen-bond donors (Lipinski definition) is 4. The number of nitrogens with zero attached hydrogens (tertiary/aromatic N) is 7. The van der Waals surface area contributed by atoms with Gasteiger partial charge in [0.15, 0.2) is 10.3 Å². The maximum Gasteiger partial charge on any atom is 0.344 e. The van der Waals surface area contributed by atoms with Crippen molar-refractivity contribution in [2.45, 2.75) is 51.9 Å². The van der Waals surface area contributed by atoms with Crippen molar-refractivity contribution in [3.8, 4) is 0 Å². The van der Waals surface area contributed by atoms with Crippen molar-refractivity contribution < 1.29 is 24.9 Å². The summed E-state index contributed by atoms with van der Waals surface area (Å²) in [5.74, 6) is -0.658. The topological polar surface area (TPSA) is 148 Å². The van der Waals surface area contributed by atoms with Gasteiger partial charge in [0, 0.05) is 96.9 Å². The molecule has 4 atom stereocenters. The van der Waals surface area contributed by atoms with Crippen molar-refractivity contribution in [2.75, 3.05) is 78.7 Å². The predicted molar refractivity (Wildman–Crippen MR) is 298 cm³/mol. The van der Waals surface area contributed by atoms with Crippen LogP contribution in [0.15, 0.2) is 128 Å². The third-order valence-electron chi connectivity index (χ3n) is 13.5. The lowest BCUT2D eigenvalue weighted by Crippen LogP contribution is -2.49. The highest BCUT2D eigenvalue weighted by atomic mass is 35.5. The zero-order valence-electron chi connectivity index (χ0n) is 41.3. The van der Waals surface area contributed by atoms with Gasteiger partial charge in [0.2, 0.25) is 0 Å². The van der Waals surface area contributed by atoms with E-state index >= 15 is 0 Å². The van der Waals surface area contributed by atoms with Crippen LogP contribution in [0.4, 0.5) is 0 Å². The van der Waals surface area contributed by atoms with Gasteiger partial charge in [-0.3, -0.25) is 24.6 Å². The van der Waals surface area contributed by atoms with E-state index in [-0.39, 0.29) is 48.5 Å². The van der Waals surface area contributed by atoms with Crippen LogP contribution in [0.25, 0.3) is 0 Å². The highest BCUT2D eigenvalue weighted by Gasteiger charge is 2.49. The molecule has 0 saturated carbocycles. The molecule has 2 saturated heterocycles. The van der Waals surface area contributed by atoms with Crippen LogP contribution in [0.3, 0.4) is 0 Å². The smallest absolute Gasteiger partial charge is 0.344 e. The highest BCUT2D eigenvalue weighted by Crippen LogP contribution is 2.55. The molecular weight excluding hydrogens is 1050 g/mol. The molecule has 13 nitrogen and oxygen atoms in total. The molecule has 1 amide bonds. The number of fused-ring (bicyclic) bond motifs is 2. The molecule has 10 rings (SSSR count). The van der Waals surface area contributed by atoms with Crippen LogP contribution >= 0.6 is 69.9 Å². The summed E-state index contributed by atoms with van der Waals surface area (Å²) in [5.41, 5.74) is 6.08. The number of aliphatic hydroxyl groups excluding tert-OH is 2. The fourth-order valence-electron chi connectivity index (χ4n) is 9.93. The first-order chi connectivity index (χ1) is 35.2. The largest absolute Gasteiger partial charge is 0.477 e. The monoisotopic (exact) mass is 1110 g/mol. The predicted octanol–water partition coefficient (Wildman–Crippen LogP) is 10.2. The molecule has 2 fully saturated rings. The number of aliphatic imine (C=N–C) groups is 2. The number of nitrogens with one attached hydrogen (secondary N) is 1. The Balaban J connectivity index is 0.000000170. The second-order valence-electron chi connectivity index (χ2n) is 19.0. The van der Waals surface area contributed by atoms with Gasteiger partial charge in [0.05, 0.1) is 25.3 Å². The second-order valence-corrected chi connectivity index (χ2v) is 22.7.